The lowest BCUT2D eigenvalue weighted by Crippen LogP contribution is -2.49. The molecule has 1 aromatic rings. The van der Waals surface area contributed by atoms with Crippen molar-refractivity contribution >= 4 is 11.6 Å². The highest BCUT2D eigenvalue weighted by Gasteiger charge is 2.45. The molecule has 1 aliphatic heterocycles. The zero-order valence-electron chi connectivity index (χ0n) is 9.92. The number of benzene rings is 1. The molecule has 0 radical (unpaired) electrons. The molecular formula is C14H18ClNO. The van der Waals surface area contributed by atoms with E-state index in [9.17, 15) is 0 Å². The summed E-state index contributed by atoms with van der Waals surface area (Å²) in [5, 5.41) is 4.17. The number of nitrogens with one attached hydrogen (secondary N) is 1. The molecule has 92 valence electrons. The average molecular weight is 252 g/mol. The fraction of sp³-hybridized carbons (Fsp3) is 0.571. The first-order valence-corrected chi connectivity index (χ1v) is 6.77. The molecule has 2 fully saturated rings. The Morgan fingerprint density at radius 1 is 1.24 bits per heavy atom. The number of rotatable bonds is 2. The predicted octanol–water partition coefficient (Wildman–Crippen LogP) is 3.25. The summed E-state index contributed by atoms with van der Waals surface area (Å²) in [6.07, 6.45) is 5.43. The van der Waals surface area contributed by atoms with Gasteiger partial charge >= 0.3 is 0 Å². The molecule has 3 heteroatoms. The van der Waals surface area contributed by atoms with Crippen molar-refractivity contribution in [3.05, 3.63) is 29.3 Å². The molecule has 0 amide bonds. The second-order valence-electron chi connectivity index (χ2n) is 5.36. The van der Waals surface area contributed by atoms with E-state index < -0.39 is 0 Å². The molecule has 1 saturated heterocycles. The van der Waals surface area contributed by atoms with Crippen LogP contribution < -0.4 is 10.1 Å². The van der Waals surface area contributed by atoms with Gasteiger partial charge in [-0.05, 0) is 62.4 Å². The Kier molecular flexibility index (Phi) is 3.01. The van der Waals surface area contributed by atoms with E-state index in [0.29, 0.717) is 11.5 Å². The van der Waals surface area contributed by atoms with Gasteiger partial charge in [0, 0.05) is 5.02 Å². The second-order valence-corrected chi connectivity index (χ2v) is 5.79. The summed E-state index contributed by atoms with van der Waals surface area (Å²) in [6, 6.07) is 7.70. The molecule has 0 aromatic heterocycles. The molecular weight excluding hydrogens is 234 g/mol. The van der Waals surface area contributed by atoms with Crippen LogP contribution in [0.4, 0.5) is 0 Å². The Labute approximate surface area is 107 Å². The molecule has 1 saturated carbocycles. The first-order valence-electron chi connectivity index (χ1n) is 6.39. The van der Waals surface area contributed by atoms with Gasteiger partial charge in [0.25, 0.3) is 0 Å². The van der Waals surface area contributed by atoms with Crippen LogP contribution in [0.25, 0.3) is 0 Å². The number of ether oxygens (including phenoxy) is 1. The maximum atomic E-state index is 5.95. The molecule has 1 aromatic carbocycles. The average Bonchev–Trinajstić information content (AvgIpc) is 2.28. The molecule has 17 heavy (non-hydrogen) atoms. The summed E-state index contributed by atoms with van der Waals surface area (Å²) in [4.78, 5) is 0. The SMILES string of the molecule is Clc1cccc(OC2CC3(CCNCC3)C2)c1. The minimum absolute atomic E-state index is 0.395. The van der Waals surface area contributed by atoms with E-state index in [1.54, 1.807) is 0 Å². The summed E-state index contributed by atoms with van der Waals surface area (Å²) in [5.41, 5.74) is 0.578. The van der Waals surface area contributed by atoms with Crippen molar-refractivity contribution in [2.24, 2.45) is 5.41 Å². The quantitative estimate of drug-likeness (QED) is 0.871. The zero-order valence-corrected chi connectivity index (χ0v) is 10.7. The molecule has 2 nitrogen and oxygen atoms in total. The Balaban J connectivity index is 1.55. The third-order valence-corrected chi connectivity index (χ3v) is 4.32. The van der Waals surface area contributed by atoms with Crippen LogP contribution in [-0.2, 0) is 0 Å². The van der Waals surface area contributed by atoms with Crippen LogP contribution in [0.3, 0.4) is 0 Å². The Bertz CT molecular complexity index is 393. The lowest BCUT2D eigenvalue weighted by Gasteiger charge is -2.49. The fourth-order valence-electron chi connectivity index (χ4n) is 3.09. The minimum Gasteiger partial charge on any atom is -0.490 e. The van der Waals surface area contributed by atoms with Crippen molar-refractivity contribution in [1.29, 1.82) is 0 Å². The van der Waals surface area contributed by atoms with Crippen molar-refractivity contribution < 1.29 is 4.74 Å². The molecule has 2 aliphatic rings. The third-order valence-electron chi connectivity index (χ3n) is 4.08. The zero-order chi connectivity index (χ0) is 11.7. The van der Waals surface area contributed by atoms with Gasteiger partial charge in [-0.25, -0.2) is 0 Å². The maximum Gasteiger partial charge on any atom is 0.121 e. The fourth-order valence-corrected chi connectivity index (χ4v) is 3.27. The van der Waals surface area contributed by atoms with Gasteiger partial charge in [0.1, 0.15) is 5.75 Å². The summed E-state index contributed by atoms with van der Waals surface area (Å²) in [5.74, 6) is 0.909. The van der Waals surface area contributed by atoms with Crippen LogP contribution in [0.5, 0.6) is 5.75 Å². The lowest BCUT2D eigenvalue weighted by molar-refractivity contribution is -0.0347. The Morgan fingerprint density at radius 3 is 2.71 bits per heavy atom. The normalized spacial score (nSPS) is 23.4. The van der Waals surface area contributed by atoms with E-state index >= 15 is 0 Å². The summed E-state index contributed by atoms with van der Waals surface area (Å²) < 4.78 is 5.95. The maximum absolute atomic E-state index is 5.95. The van der Waals surface area contributed by atoms with E-state index in [4.69, 9.17) is 16.3 Å². The first kappa shape index (κ1) is 11.4. The summed E-state index contributed by atoms with van der Waals surface area (Å²) in [7, 11) is 0. The Morgan fingerprint density at radius 2 is 2.00 bits per heavy atom. The highest BCUT2D eigenvalue weighted by molar-refractivity contribution is 6.30. The van der Waals surface area contributed by atoms with E-state index in [0.717, 1.165) is 10.8 Å². The summed E-state index contributed by atoms with van der Waals surface area (Å²) in [6.45, 7) is 2.34. The van der Waals surface area contributed by atoms with Crippen LogP contribution in [0, 0.1) is 5.41 Å². The van der Waals surface area contributed by atoms with Crippen LogP contribution in [-0.4, -0.2) is 19.2 Å². The van der Waals surface area contributed by atoms with Crippen LogP contribution >= 0.6 is 11.6 Å². The minimum atomic E-state index is 0.395. The number of piperidine rings is 1. The van der Waals surface area contributed by atoms with E-state index in [-0.39, 0.29) is 0 Å². The van der Waals surface area contributed by atoms with Gasteiger partial charge in [0.15, 0.2) is 0 Å². The highest BCUT2D eigenvalue weighted by atomic mass is 35.5. The van der Waals surface area contributed by atoms with Crippen molar-refractivity contribution in [3.8, 4) is 5.75 Å². The molecule has 1 spiro atoms. The Hall–Kier alpha value is -0.730. The van der Waals surface area contributed by atoms with Crippen LogP contribution in [0.15, 0.2) is 24.3 Å². The smallest absolute Gasteiger partial charge is 0.121 e. The molecule has 1 N–H and O–H groups in total. The molecule has 0 atom stereocenters. The predicted molar refractivity (Wildman–Crippen MR) is 69.6 cm³/mol. The molecule has 0 unspecified atom stereocenters. The van der Waals surface area contributed by atoms with Crippen molar-refractivity contribution in [2.75, 3.05) is 13.1 Å². The van der Waals surface area contributed by atoms with Gasteiger partial charge in [-0.15, -0.1) is 0 Å². The van der Waals surface area contributed by atoms with E-state index in [1.165, 1.54) is 38.8 Å². The lowest BCUT2D eigenvalue weighted by atomic mass is 9.62. The molecule has 0 bridgehead atoms. The van der Waals surface area contributed by atoms with Crippen LogP contribution in [0.2, 0.25) is 5.02 Å². The van der Waals surface area contributed by atoms with Crippen molar-refractivity contribution in [2.45, 2.75) is 31.8 Å². The number of halogens is 1. The van der Waals surface area contributed by atoms with E-state index in [1.807, 2.05) is 24.3 Å². The van der Waals surface area contributed by atoms with Gasteiger partial charge in [0.2, 0.25) is 0 Å². The summed E-state index contributed by atoms with van der Waals surface area (Å²) >= 11 is 5.94. The van der Waals surface area contributed by atoms with Gasteiger partial charge in [-0.2, -0.15) is 0 Å². The standard InChI is InChI=1S/C14H18ClNO/c15-11-2-1-3-12(8-11)17-13-9-14(10-13)4-6-16-7-5-14/h1-3,8,13,16H,4-7,9-10H2. The van der Waals surface area contributed by atoms with Crippen LogP contribution in [0.1, 0.15) is 25.7 Å². The first-order chi connectivity index (χ1) is 8.26. The number of hydrogen-bond donors (Lipinski definition) is 1. The van der Waals surface area contributed by atoms with Gasteiger partial charge in [-0.3, -0.25) is 0 Å². The van der Waals surface area contributed by atoms with E-state index in [2.05, 4.69) is 5.32 Å². The van der Waals surface area contributed by atoms with Gasteiger partial charge < -0.3 is 10.1 Å². The van der Waals surface area contributed by atoms with Crippen molar-refractivity contribution in [3.63, 3.8) is 0 Å². The van der Waals surface area contributed by atoms with Crippen molar-refractivity contribution in [1.82, 2.24) is 5.32 Å². The number of hydrogen-bond acceptors (Lipinski definition) is 2. The van der Waals surface area contributed by atoms with Gasteiger partial charge in [0.05, 0.1) is 6.10 Å². The third kappa shape index (κ3) is 2.43. The highest BCUT2D eigenvalue weighted by Crippen LogP contribution is 2.49. The monoisotopic (exact) mass is 251 g/mol. The largest absolute Gasteiger partial charge is 0.490 e. The van der Waals surface area contributed by atoms with Gasteiger partial charge in [-0.1, -0.05) is 17.7 Å². The second kappa shape index (κ2) is 4.51. The molecule has 1 aliphatic carbocycles. The molecule has 1 heterocycles. The topological polar surface area (TPSA) is 21.3 Å². The molecule has 3 rings (SSSR count).